The molecule has 1 aliphatic rings. The van der Waals surface area contributed by atoms with Crippen molar-refractivity contribution in [3.8, 4) is 0 Å². The van der Waals surface area contributed by atoms with Crippen LogP contribution < -0.4 is 10.2 Å². The number of anilines is 2. The van der Waals surface area contributed by atoms with Crippen LogP contribution in [-0.4, -0.2) is 48.5 Å². The largest absolute Gasteiger partial charge is 0.367 e. The molecule has 0 aliphatic carbocycles. The number of para-hydroxylation sites is 2. The van der Waals surface area contributed by atoms with E-state index in [1.54, 1.807) is 0 Å². The van der Waals surface area contributed by atoms with Crippen molar-refractivity contribution in [3.05, 3.63) is 64.2 Å². The third kappa shape index (κ3) is 4.00. The van der Waals surface area contributed by atoms with Crippen molar-refractivity contribution in [2.24, 2.45) is 0 Å². The van der Waals surface area contributed by atoms with Gasteiger partial charge < -0.3 is 15.1 Å². The van der Waals surface area contributed by atoms with Crippen molar-refractivity contribution < 1.29 is 9.72 Å². The Morgan fingerprint density at radius 1 is 1.08 bits per heavy atom. The van der Waals surface area contributed by atoms with Crippen molar-refractivity contribution in [3.63, 3.8) is 0 Å². The number of hydrogen-bond donors (Lipinski definition) is 1. The van der Waals surface area contributed by atoms with Gasteiger partial charge in [-0.25, -0.2) is 0 Å². The van der Waals surface area contributed by atoms with Crippen LogP contribution in [0.3, 0.4) is 0 Å². The Kier molecular flexibility index (Phi) is 5.48. The second kappa shape index (κ2) is 7.97. The molecule has 1 saturated heterocycles. The zero-order valence-corrected chi connectivity index (χ0v) is 14.7. The van der Waals surface area contributed by atoms with Crippen molar-refractivity contribution in [2.45, 2.75) is 6.92 Å². The number of benzene rings is 2. The van der Waals surface area contributed by atoms with Crippen molar-refractivity contribution in [1.29, 1.82) is 0 Å². The lowest BCUT2D eigenvalue weighted by molar-refractivity contribution is -0.384. The average molecular weight is 354 g/mol. The van der Waals surface area contributed by atoms with Gasteiger partial charge >= 0.3 is 0 Å². The highest BCUT2D eigenvalue weighted by Gasteiger charge is 2.19. The minimum atomic E-state index is -0.479. The van der Waals surface area contributed by atoms with Gasteiger partial charge in [-0.15, -0.1) is 0 Å². The van der Waals surface area contributed by atoms with Crippen LogP contribution in [0.5, 0.6) is 0 Å². The van der Waals surface area contributed by atoms with Crippen LogP contribution in [0.15, 0.2) is 48.5 Å². The van der Waals surface area contributed by atoms with E-state index in [4.69, 9.17) is 0 Å². The Labute approximate surface area is 152 Å². The Morgan fingerprint density at radius 3 is 2.35 bits per heavy atom. The van der Waals surface area contributed by atoms with E-state index in [-0.39, 0.29) is 11.6 Å². The summed E-state index contributed by atoms with van der Waals surface area (Å²) in [5, 5.41) is 13.7. The predicted molar refractivity (Wildman–Crippen MR) is 102 cm³/mol. The van der Waals surface area contributed by atoms with E-state index in [0.29, 0.717) is 5.56 Å². The van der Waals surface area contributed by atoms with Crippen LogP contribution in [0, 0.1) is 10.1 Å². The molecule has 2 aromatic carbocycles. The molecule has 2 aromatic rings. The van der Waals surface area contributed by atoms with Gasteiger partial charge in [0.2, 0.25) is 0 Å². The lowest BCUT2D eigenvalue weighted by atomic mass is 10.1. The van der Waals surface area contributed by atoms with Gasteiger partial charge in [-0.05, 0) is 30.8 Å². The minimum absolute atomic E-state index is 0.0317. The topological polar surface area (TPSA) is 78.7 Å². The first-order valence-corrected chi connectivity index (χ1v) is 8.70. The highest BCUT2D eigenvalue weighted by atomic mass is 16.6. The number of amides is 1. The van der Waals surface area contributed by atoms with E-state index < -0.39 is 4.92 Å². The third-order valence-electron chi connectivity index (χ3n) is 4.65. The molecular formula is C19H22N4O3. The summed E-state index contributed by atoms with van der Waals surface area (Å²) in [6, 6.07) is 13.3. The lowest BCUT2D eigenvalue weighted by Gasteiger charge is -2.36. The average Bonchev–Trinajstić information content (AvgIpc) is 2.68. The molecule has 26 heavy (non-hydrogen) atoms. The minimum Gasteiger partial charge on any atom is -0.367 e. The summed E-state index contributed by atoms with van der Waals surface area (Å²) in [7, 11) is 0. The van der Waals surface area contributed by atoms with Gasteiger partial charge in [0, 0.05) is 43.9 Å². The van der Waals surface area contributed by atoms with Crippen molar-refractivity contribution in [1.82, 2.24) is 4.90 Å². The van der Waals surface area contributed by atoms with Gasteiger partial charge in [-0.2, -0.15) is 0 Å². The molecule has 1 fully saturated rings. The van der Waals surface area contributed by atoms with Crippen LogP contribution in [0.4, 0.5) is 17.1 Å². The van der Waals surface area contributed by atoms with E-state index in [0.717, 1.165) is 44.1 Å². The molecule has 0 atom stereocenters. The number of rotatable bonds is 5. The normalized spacial score (nSPS) is 14.9. The van der Waals surface area contributed by atoms with Crippen LogP contribution in [-0.2, 0) is 0 Å². The number of piperazine rings is 1. The number of likely N-dealkylation sites (N-methyl/N-ethyl adjacent to an activating group) is 1. The van der Waals surface area contributed by atoms with Crippen LogP contribution in [0.2, 0.25) is 0 Å². The summed E-state index contributed by atoms with van der Waals surface area (Å²) >= 11 is 0. The molecule has 1 N–H and O–H groups in total. The van der Waals surface area contributed by atoms with Crippen LogP contribution >= 0.6 is 0 Å². The Balaban J connectivity index is 1.74. The van der Waals surface area contributed by atoms with E-state index in [1.165, 1.54) is 24.3 Å². The second-order valence-corrected chi connectivity index (χ2v) is 6.20. The zero-order valence-electron chi connectivity index (χ0n) is 14.7. The first-order valence-electron chi connectivity index (χ1n) is 8.70. The van der Waals surface area contributed by atoms with Gasteiger partial charge in [-0.1, -0.05) is 19.1 Å². The highest BCUT2D eigenvalue weighted by Crippen LogP contribution is 2.27. The molecule has 0 saturated carbocycles. The van der Waals surface area contributed by atoms with Crippen LogP contribution in [0.1, 0.15) is 17.3 Å². The van der Waals surface area contributed by atoms with Gasteiger partial charge in [0.05, 0.1) is 16.3 Å². The number of non-ortho nitro benzene ring substituents is 1. The van der Waals surface area contributed by atoms with Gasteiger partial charge in [0.25, 0.3) is 11.6 Å². The maximum atomic E-state index is 12.5. The Hall–Kier alpha value is -2.93. The molecule has 136 valence electrons. The van der Waals surface area contributed by atoms with Gasteiger partial charge in [0.15, 0.2) is 0 Å². The van der Waals surface area contributed by atoms with E-state index in [9.17, 15) is 14.9 Å². The standard InChI is InChI=1S/C19H22N4O3/c1-2-21-11-13-22(14-12-21)18-6-4-3-5-17(18)20-19(24)15-7-9-16(10-8-15)23(25)26/h3-10H,2,11-14H2,1H3,(H,20,24). The number of nitro benzene ring substituents is 1. The molecule has 0 bridgehead atoms. The number of nitrogens with one attached hydrogen (secondary N) is 1. The van der Waals surface area contributed by atoms with E-state index in [1.807, 2.05) is 24.3 Å². The number of nitro groups is 1. The lowest BCUT2D eigenvalue weighted by Crippen LogP contribution is -2.46. The number of carbonyl (C=O) groups is 1. The predicted octanol–water partition coefficient (Wildman–Crippen LogP) is 2.99. The fourth-order valence-corrected chi connectivity index (χ4v) is 3.09. The third-order valence-corrected chi connectivity index (χ3v) is 4.65. The molecule has 3 rings (SSSR count). The summed E-state index contributed by atoms with van der Waals surface area (Å²) in [6.45, 7) is 7.04. The van der Waals surface area contributed by atoms with Crippen molar-refractivity contribution >= 4 is 23.0 Å². The maximum absolute atomic E-state index is 12.5. The summed E-state index contributed by atoms with van der Waals surface area (Å²) in [4.78, 5) is 27.4. The summed E-state index contributed by atoms with van der Waals surface area (Å²) in [5.74, 6) is -0.278. The summed E-state index contributed by atoms with van der Waals surface area (Å²) in [6.07, 6.45) is 0. The molecule has 0 spiro atoms. The second-order valence-electron chi connectivity index (χ2n) is 6.20. The fraction of sp³-hybridized carbons (Fsp3) is 0.316. The zero-order chi connectivity index (χ0) is 18.5. The first kappa shape index (κ1) is 17.9. The SMILES string of the molecule is CCN1CCN(c2ccccc2NC(=O)c2ccc([N+](=O)[O-])cc2)CC1. The number of carbonyl (C=O) groups excluding carboxylic acids is 1. The molecule has 0 aromatic heterocycles. The highest BCUT2D eigenvalue weighted by molar-refractivity contribution is 6.06. The van der Waals surface area contributed by atoms with Gasteiger partial charge in [0.1, 0.15) is 0 Å². The molecule has 7 nitrogen and oxygen atoms in total. The molecule has 0 unspecified atom stereocenters. The monoisotopic (exact) mass is 354 g/mol. The summed E-state index contributed by atoms with van der Waals surface area (Å²) in [5.41, 5.74) is 2.11. The maximum Gasteiger partial charge on any atom is 0.269 e. The van der Waals surface area contributed by atoms with Crippen LogP contribution in [0.25, 0.3) is 0 Å². The van der Waals surface area contributed by atoms with E-state index >= 15 is 0 Å². The smallest absolute Gasteiger partial charge is 0.269 e. The summed E-state index contributed by atoms with van der Waals surface area (Å²) < 4.78 is 0. The molecule has 1 amide bonds. The fourth-order valence-electron chi connectivity index (χ4n) is 3.09. The molecule has 0 radical (unpaired) electrons. The quantitative estimate of drug-likeness (QED) is 0.660. The number of hydrogen-bond acceptors (Lipinski definition) is 5. The van der Waals surface area contributed by atoms with Crippen molar-refractivity contribution in [2.75, 3.05) is 42.9 Å². The molecule has 1 heterocycles. The van der Waals surface area contributed by atoms with Gasteiger partial charge in [-0.3, -0.25) is 14.9 Å². The Morgan fingerprint density at radius 2 is 1.73 bits per heavy atom. The molecule has 1 aliphatic heterocycles. The number of nitrogens with zero attached hydrogens (tertiary/aromatic N) is 3. The Bertz CT molecular complexity index is 784. The van der Waals surface area contributed by atoms with E-state index in [2.05, 4.69) is 22.0 Å². The molecule has 7 heteroatoms. The first-order chi connectivity index (χ1) is 12.6. The molecular weight excluding hydrogens is 332 g/mol.